The van der Waals surface area contributed by atoms with E-state index in [1.807, 2.05) is 31.2 Å². The molecule has 7 heteroatoms. The first-order chi connectivity index (χ1) is 9.34. The van der Waals surface area contributed by atoms with Crippen molar-refractivity contribution in [1.29, 1.82) is 0 Å². The second-order valence-corrected chi connectivity index (χ2v) is 7.77. The topological polar surface area (TPSA) is 67.4 Å². The summed E-state index contributed by atoms with van der Waals surface area (Å²) in [6, 6.07) is 7.41. The summed E-state index contributed by atoms with van der Waals surface area (Å²) in [5.41, 5.74) is 0.238. The van der Waals surface area contributed by atoms with Crippen molar-refractivity contribution in [3.05, 3.63) is 24.3 Å². The average Bonchev–Trinajstić information content (AvgIpc) is 2.63. The van der Waals surface area contributed by atoms with Gasteiger partial charge < -0.3 is 15.4 Å². The quantitative estimate of drug-likeness (QED) is 0.825. The molecule has 5 nitrogen and oxygen atoms in total. The number of ether oxygens (including phenoxy) is 1. The first-order valence-corrected chi connectivity index (χ1v) is 8.49. The molecule has 1 atom stereocenters. The molecule has 1 aromatic rings. The standard InChI is InChI=1S/C13H18N2O3S2/c1-13(7-8-20(16,17)9-13)15-12(19)14-10-5-3-4-6-11(10)18-2/h3-6H,7-9H2,1-2H3,(H2,14,15,19)/t13-/m1/s1. The Balaban J connectivity index is 2.03. The van der Waals surface area contributed by atoms with Gasteiger partial charge in [-0.05, 0) is 37.7 Å². The van der Waals surface area contributed by atoms with E-state index in [4.69, 9.17) is 17.0 Å². The van der Waals surface area contributed by atoms with E-state index < -0.39 is 15.4 Å². The van der Waals surface area contributed by atoms with E-state index in [1.165, 1.54) is 0 Å². The first kappa shape index (κ1) is 15.1. The molecule has 0 aromatic heterocycles. The molecule has 0 saturated carbocycles. The average molecular weight is 314 g/mol. The normalized spacial score (nSPS) is 24.1. The van der Waals surface area contributed by atoms with E-state index >= 15 is 0 Å². The van der Waals surface area contributed by atoms with Gasteiger partial charge in [-0.15, -0.1) is 0 Å². The summed E-state index contributed by atoms with van der Waals surface area (Å²) < 4.78 is 28.4. The number of methoxy groups -OCH3 is 1. The third kappa shape index (κ3) is 3.61. The summed E-state index contributed by atoms with van der Waals surface area (Å²) in [5.74, 6) is 0.988. The molecule has 1 aromatic carbocycles. The van der Waals surface area contributed by atoms with Gasteiger partial charge in [0.25, 0.3) is 0 Å². The van der Waals surface area contributed by atoms with Gasteiger partial charge in [0.2, 0.25) is 0 Å². The van der Waals surface area contributed by atoms with Crippen molar-refractivity contribution in [2.75, 3.05) is 23.9 Å². The van der Waals surface area contributed by atoms with Crippen molar-refractivity contribution in [2.45, 2.75) is 18.9 Å². The summed E-state index contributed by atoms with van der Waals surface area (Å²) in [5, 5.41) is 6.53. The van der Waals surface area contributed by atoms with Gasteiger partial charge in [0.05, 0.1) is 29.8 Å². The van der Waals surface area contributed by atoms with E-state index in [0.29, 0.717) is 17.3 Å². The van der Waals surface area contributed by atoms with Gasteiger partial charge in [0.15, 0.2) is 14.9 Å². The van der Waals surface area contributed by atoms with E-state index in [-0.39, 0.29) is 11.5 Å². The van der Waals surface area contributed by atoms with Crippen LogP contribution in [0.25, 0.3) is 0 Å². The zero-order valence-electron chi connectivity index (χ0n) is 11.5. The van der Waals surface area contributed by atoms with Crippen LogP contribution in [-0.4, -0.2) is 37.7 Å². The molecule has 0 radical (unpaired) electrons. The lowest BCUT2D eigenvalue weighted by Gasteiger charge is -2.26. The van der Waals surface area contributed by atoms with Crippen LogP contribution in [0.3, 0.4) is 0 Å². The van der Waals surface area contributed by atoms with Crippen LogP contribution in [0.15, 0.2) is 24.3 Å². The fraction of sp³-hybridized carbons (Fsp3) is 0.462. The van der Waals surface area contributed by atoms with Crippen molar-refractivity contribution >= 4 is 32.9 Å². The Bertz CT molecular complexity index is 616. The summed E-state index contributed by atoms with van der Waals surface area (Å²) in [7, 11) is -1.37. The van der Waals surface area contributed by atoms with Crippen LogP contribution < -0.4 is 15.4 Å². The summed E-state index contributed by atoms with van der Waals surface area (Å²) >= 11 is 5.25. The molecule has 1 aliphatic heterocycles. The highest BCUT2D eigenvalue weighted by atomic mass is 32.2. The molecule has 110 valence electrons. The number of benzene rings is 1. The van der Waals surface area contributed by atoms with Crippen molar-refractivity contribution in [1.82, 2.24) is 5.32 Å². The number of anilines is 1. The molecule has 2 rings (SSSR count). The molecule has 1 saturated heterocycles. The maximum absolute atomic E-state index is 11.6. The monoisotopic (exact) mass is 314 g/mol. The lowest BCUT2D eigenvalue weighted by molar-refractivity contribution is 0.416. The van der Waals surface area contributed by atoms with E-state index in [1.54, 1.807) is 7.11 Å². The Labute approximate surface area is 124 Å². The molecule has 0 spiro atoms. The van der Waals surface area contributed by atoms with Gasteiger partial charge in [0.1, 0.15) is 5.75 Å². The third-order valence-corrected chi connectivity index (χ3v) is 5.38. The third-order valence-electron chi connectivity index (χ3n) is 3.27. The Kier molecular flexibility index (Phi) is 4.19. The maximum atomic E-state index is 11.6. The molecule has 0 aliphatic carbocycles. The number of hydrogen-bond donors (Lipinski definition) is 2. The smallest absolute Gasteiger partial charge is 0.171 e. The number of para-hydroxylation sites is 2. The molecule has 0 bridgehead atoms. The molecule has 20 heavy (non-hydrogen) atoms. The zero-order chi connectivity index (χ0) is 14.8. The highest BCUT2D eigenvalue weighted by Gasteiger charge is 2.38. The van der Waals surface area contributed by atoms with Gasteiger partial charge in [0, 0.05) is 0 Å². The Morgan fingerprint density at radius 3 is 2.70 bits per heavy atom. The number of sulfone groups is 1. The molecule has 0 amide bonds. The van der Waals surface area contributed by atoms with Crippen LogP contribution in [0.4, 0.5) is 5.69 Å². The summed E-state index contributed by atoms with van der Waals surface area (Å²) in [4.78, 5) is 0. The minimum Gasteiger partial charge on any atom is -0.495 e. The number of nitrogens with one attached hydrogen (secondary N) is 2. The highest BCUT2D eigenvalue weighted by Crippen LogP contribution is 2.25. The maximum Gasteiger partial charge on any atom is 0.171 e. The Hall–Kier alpha value is -1.34. The first-order valence-electron chi connectivity index (χ1n) is 6.26. The van der Waals surface area contributed by atoms with Crippen LogP contribution in [0.2, 0.25) is 0 Å². The van der Waals surface area contributed by atoms with Gasteiger partial charge >= 0.3 is 0 Å². The molecular weight excluding hydrogens is 296 g/mol. The molecule has 2 N–H and O–H groups in total. The van der Waals surface area contributed by atoms with Crippen LogP contribution >= 0.6 is 12.2 Å². The van der Waals surface area contributed by atoms with Crippen LogP contribution in [0, 0.1) is 0 Å². The second-order valence-electron chi connectivity index (χ2n) is 5.18. The van der Waals surface area contributed by atoms with Crippen molar-refractivity contribution in [2.24, 2.45) is 0 Å². The minimum atomic E-state index is -2.96. The molecule has 0 unspecified atom stereocenters. The van der Waals surface area contributed by atoms with Crippen LogP contribution in [0.5, 0.6) is 5.75 Å². The second kappa shape index (κ2) is 5.57. The molecule has 1 fully saturated rings. The molecule has 1 aliphatic rings. The Morgan fingerprint density at radius 1 is 1.40 bits per heavy atom. The zero-order valence-corrected chi connectivity index (χ0v) is 13.1. The fourth-order valence-electron chi connectivity index (χ4n) is 2.28. The summed E-state index contributed by atoms with van der Waals surface area (Å²) in [6.45, 7) is 1.87. The fourth-order valence-corrected chi connectivity index (χ4v) is 4.73. The highest BCUT2D eigenvalue weighted by molar-refractivity contribution is 7.91. The SMILES string of the molecule is COc1ccccc1NC(=S)N[C@]1(C)CCS(=O)(=O)C1. The molecular formula is C13H18N2O3S2. The van der Waals surface area contributed by atoms with E-state index in [0.717, 1.165) is 5.69 Å². The van der Waals surface area contributed by atoms with Gasteiger partial charge in [-0.25, -0.2) is 8.42 Å². The van der Waals surface area contributed by atoms with Crippen LogP contribution in [0.1, 0.15) is 13.3 Å². The predicted octanol–water partition coefficient (Wildman–Crippen LogP) is 1.56. The van der Waals surface area contributed by atoms with Gasteiger partial charge in [-0.3, -0.25) is 0 Å². The van der Waals surface area contributed by atoms with Crippen molar-refractivity contribution in [3.8, 4) is 5.75 Å². The molecule has 1 heterocycles. The number of thiocarbonyl (C=S) groups is 1. The predicted molar refractivity (Wildman–Crippen MR) is 84.0 cm³/mol. The largest absolute Gasteiger partial charge is 0.495 e. The lowest BCUT2D eigenvalue weighted by atomic mass is 10.0. The van der Waals surface area contributed by atoms with Crippen molar-refractivity contribution < 1.29 is 13.2 Å². The van der Waals surface area contributed by atoms with Crippen LogP contribution in [-0.2, 0) is 9.84 Å². The number of rotatable bonds is 3. The lowest BCUT2D eigenvalue weighted by Crippen LogP contribution is -2.48. The Morgan fingerprint density at radius 2 is 2.10 bits per heavy atom. The van der Waals surface area contributed by atoms with Gasteiger partial charge in [-0.2, -0.15) is 0 Å². The van der Waals surface area contributed by atoms with E-state index in [9.17, 15) is 8.42 Å². The van der Waals surface area contributed by atoms with Gasteiger partial charge in [-0.1, -0.05) is 12.1 Å². The van der Waals surface area contributed by atoms with E-state index in [2.05, 4.69) is 10.6 Å². The minimum absolute atomic E-state index is 0.105. The van der Waals surface area contributed by atoms with Crippen molar-refractivity contribution in [3.63, 3.8) is 0 Å². The summed E-state index contributed by atoms with van der Waals surface area (Å²) in [6.07, 6.45) is 0.559. The number of hydrogen-bond acceptors (Lipinski definition) is 4.